The third kappa shape index (κ3) is 3.05. The first-order chi connectivity index (χ1) is 9.66. The van der Waals surface area contributed by atoms with E-state index in [2.05, 4.69) is 0 Å². The molecule has 1 aromatic rings. The van der Waals surface area contributed by atoms with E-state index in [0.29, 0.717) is 11.2 Å². The van der Waals surface area contributed by atoms with Crippen LogP contribution < -0.4 is 0 Å². The molecule has 2 N–H and O–H groups in total. The van der Waals surface area contributed by atoms with Crippen molar-refractivity contribution in [3.63, 3.8) is 0 Å². The maximum atomic E-state index is 10.8. The minimum atomic E-state index is -1.14. The molecule has 21 heavy (non-hydrogen) atoms. The number of rotatable bonds is 4. The largest absolute Gasteiger partial charge is 0.493 e. The first-order valence-electron chi connectivity index (χ1n) is 6.66. The van der Waals surface area contributed by atoms with E-state index < -0.39 is 24.3 Å². The van der Waals surface area contributed by atoms with Gasteiger partial charge in [-0.3, -0.25) is 0 Å². The highest BCUT2D eigenvalue weighted by molar-refractivity contribution is 6.55. The molecular weight excluding hydrogens is 275 g/mol. The van der Waals surface area contributed by atoms with Gasteiger partial charge in [0, 0.05) is 0 Å². The van der Waals surface area contributed by atoms with E-state index >= 15 is 0 Å². The van der Waals surface area contributed by atoms with Gasteiger partial charge >= 0.3 is 13.1 Å². The number of carbonyl (C=O) groups is 1. The molecule has 0 amide bonds. The first kappa shape index (κ1) is 15.8. The molecule has 2 heterocycles. The summed E-state index contributed by atoms with van der Waals surface area (Å²) in [7, 11) is -0.696. The van der Waals surface area contributed by atoms with Crippen LogP contribution in [0.4, 0.5) is 0 Å². The molecule has 0 unspecified atom stereocenters. The quantitative estimate of drug-likeness (QED) is 0.825. The van der Waals surface area contributed by atoms with E-state index in [1.807, 2.05) is 27.7 Å². The number of hydrogen-bond acceptors (Lipinski definition) is 5. The van der Waals surface area contributed by atoms with Crippen molar-refractivity contribution >= 4 is 19.2 Å². The highest BCUT2D eigenvalue weighted by Crippen LogP contribution is 2.38. The fourth-order valence-electron chi connectivity index (χ4n) is 1.91. The molecule has 7 heteroatoms. The van der Waals surface area contributed by atoms with Gasteiger partial charge in [-0.15, -0.1) is 0 Å². The van der Waals surface area contributed by atoms with Crippen LogP contribution in [-0.2, 0) is 9.31 Å². The van der Waals surface area contributed by atoms with E-state index in [1.54, 1.807) is 0 Å². The van der Waals surface area contributed by atoms with Crippen LogP contribution in [0.1, 0.15) is 44.0 Å². The van der Waals surface area contributed by atoms with Crippen molar-refractivity contribution < 1.29 is 28.7 Å². The number of hydrogen-bond donors (Lipinski definition) is 2. The monoisotopic (exact) mass is 294 g/mol. The number of furan rings is 1. The van der Waals surface area contributed by atoms with Gasteiger partial charge in [0.05, 0.1) is 17.8 Å². The Morgan fingerprint density at radius 1 is 1.24 bits per heavy atom. The van der Waals surface area contributed by atoms with Crippen LogP contribution >= 0.6 is 0 Å². The molecule has 0 radical (unpaired) electrons. The molecule has 1 saturated heterocycles. The summed E-state index contributed by atoms with van der Waals surface area (Å²) >= 11 is 0. The number of aliphatic hydroxyl groups excluding tert-OH is 1. The van der Waals surface area contributed by atoms with Gasteiger partial charge in [0.1, 0.15) is 5.76 Å². The van der Waals surface area contributed by atoms with Gasteiger partial charge in [0.25, 0.3) is 0 Å². The van der Waals surface area contributed by atoms with Crippen molar-refractivity contribution in [2.75, 3.05) is 6.61 Å². The summed E-state index contributed by atoms with van der Waals surface area (Å²) in [5, 5.41) is 18.3. The molecular formula is C14H19BO6. The van der Waals surface area contributed by atoms with E-state index in [4.69, 9.17) is 18.8 Å². The predicted octanol–water partition coefficient (Wildman–Crippen LogP) is 1.98. The SMILES string of the molecule is CC1(C)OB(C(=Cc2ccc(C(=O)O)o2)CO)OC1(C)C. The van der Waals surface area contributed by atoms with Crippen molar-refractivity contribution in [2.45, 2.75) is 38.9 Å². The maximum Gasteiger partial charge on any atom is 0.493 e. The fraction of sp³-hybridized carbons (Fsp3) is 0.500. The Morgan fingerprint density at radius 2 is 1.81 bits per heavy atom. The van der Waals surface area contributed by atoms with E-state index in [1.165, 1.54) is 18.2 Å². The highest BCUT2D eigenvalue weighted by atomic mass is 16.7. The predicted molar refractivity (Wildman–Crippen MR) is 76.8 cm³/mol. The second kappa shape index (κ2) is 5.33. The van der Waals surface area contributed by atoms with Crippen LogP contribution in [0.15, 0.2) is 22.0 Å². The van der Waals surface area contributed by atoms with Crippen molar-refractivity contribution in [3.05, 3.63) is 29.1 Å². The lowest BCUT2D eigenvalue weighted by Gasteiger charge is -2.32. The lowest BCUT2D eigenvalue weighted by atomic mass is 9.78. The zero-order chi connectivity index (χ0) is 15.8. The highest BCUT2D eigenvalue weighted by Gasteiger charge is 2.52. The average Bonchev–Trinajstić information content (AvgIpc) is 2.90. The first-order valence-corrected chi connectivity index (χ1v) is 6.66. The molecule has 1 aliphatic rings. The Bertz CT molecular complexity index is 556. The van der Waals surface area contributed by atoms with Gasteiger partial charge in [-0.25, -0.2) is 4.79 Å². The van der Waals surface area contributed by atoms with Crippen molar-refractivity contribution in [3.8, 4) is 0 Å². The van der Waals surface area contributed by atoms with E-state index in [0.717, 1.165) is 0 Å². The molecule has 1 aliphatic heterocycles. The molecule has 0 aromatic carbocycles. The number of aromatic carboxylic acids is 1. The zero-order valence-corrected chi connectivity index (χ0v) is 12.5. The van der Waals surface area contributed by atoms with Crippen LogP contribution in [0.2, 0.25) is 0 Å². The second-order valence-corrected chi connectivity index (χ2v) is 5.97. The van der Waals surface area contributed by atoms with Crippen LogP contribution in [-0.4, -0.2) is 41.1 Å². The van der Waals surface area contributed by atoms with Gasteiger partial charge in [0.15, 0.2) is 0 Å². The van der Waals surface area contributed by atoms with Crippen molar-refractivity contribution in [1.29, 1.82) is 0 Å². The Labute approximate surface area is 123 Å². The minimum absolute atomic E-state index is 0.160. The molecule has 0 spiro atoms. The summed E-state index contributed by atoms with van der Waals surface area (Å²) in [4.78, 5) is 10.8. The summed E-state index contributed by atoms with van der Waals surface area (Å²) < 4.78 is 16.8. The number of carboxylic acid groups (broad SMARTS) is 1. The number of carboxylic acids is 1. The van der Waals surface area contributed by atoms with Gasteiger partial charge in [-0.1, -0.05) is 0 Å². The lowest BCUT2D eigenvalue weighted by molar-refractivity contribution is 0.00578. The Kier molecular flexibility index (Phi) is 4.01. The standard InChI is InChI=1S/C14H19BO6/c1-13(2)14(3,4)21-15(20-13)9(8-16)7-10-5-6-11(19-10)12(17)18/h5-7,16H,8H2,1-4H3,(H,17,18). The molecule has 0 aliphatic carbocycles. The summed E-state index contributed by atoms with van der Waals surface area (Å²) in [6.07, 6.45) is 1.54. The van der Waals surface area contributed by atoms with Gasteiger partial charge in [-0.2, -0.15) is 0 Å². The summed E-state index contributed by atoms with van der Waals surface area (Å²) in [6.45, 7) is 7.38. The maximum absolute atomic E-state index is 10.8. The van der Waals surface area contributed by atoms with Gasteiger partial charge in [0.2, 0.25) is 5.76 Å². The molecule has 0 atom stereocenters. The normalized spacial score (nSPS) is 20.8. The van der Waals surface area contributed by atoms with Crippen LogP contribution in [0, 0.1) is 0 Å². The van der Waals surface area contributed by atoms with Crippen molar-refractivity contribution in [2.24, 2.45) is 0 Å². The molecule has 0 bridgehead atoms. The fourth-order valence-corrected chi connectivity index (χ4v) is 1.91. The topological polar surface area (TPSA) is 89.1 Å². The zero-order valence-electron chi connectivity index (χ0n) is 12.5. The van der Waals surface area contributed by atoms with Crippen LogP contribution in [0.25, 0.3) is 6.08 Å². The van der Waals surface area contributed by atoms with Gasteiger partial charge < -0.3 is 23.9 Å². The third-order valence-corrected chi connectivity index (χ3v) is 3.90. The van der Waals surface area contributed by atoms with Crippen LogP contribution in [0.3, 0.4) is 0 Å². The Hall–Kier alpha value is -1.57. The molecule has 2 rings (SSSR count). The molecule has 6 nitrogen and oxygen atoms in total. The molecule has 0 saturated carbocycles. The summed E-state index contributed by atoms with van der Waals surface area (Å²) in [5.74, 6) is -0.977. The lowest BCUT2D eigenvalue weighted by Crippen LogP contribution is -2.41. The molecule has 114 valence electrons. The van der Waals surface area contributed by atoms with Gasteiger partial charge in [-0.05, 0) is 51.4 Å². The minimum Gasteiger partial charge on any atom is -0.475 e. The van der Waals surface area contributed by atoms with E-state index in [9.17, 15) is 9.90 Å². The molecule has 1 aromatic heterocycles. The average molecular weight is 294 g/mol. The van der Waals surface area contributed by atoms with E-state index in [-0.39, 0.29) is 12.4 Å². The summed E-state index contributed by atoms with van der Waals surface area (Å²) in [6, 6.07) is 2.87. The smallest absolute Gasteiger partial charge is 0.475 e. The second-order valence-electron chi connectivity index (χ2n) is 5.97. The van der Waals surface area contributed by atoms with Crippen molar-refractivity contribution in [1.82, 2.24) is 0 Å². The van der Waals surface area contributed by atoms with Crippen LogP contribution in [0.5, 0.6) is 0 Å². The summed E-state index contributed by atoms with van der Waals surface area (Å²) in [5.41, 5.74) is -0.553. The number of aliphatic hydroxyl groups is 1. The Morgan fingerprint density at radius 3 is 2.24 bits per heavy atom. The third-order valence-electron chi connectivity index (χ3n) is 3.90. The Balaban J connectivity index is 2.24. The molecule has 1 fully saturated rings.